The first-order valence-corrected chi connectivity index (χ1v) is 6.42. The minimum Gasteiger partial charge on any atom is -0.369 e. The molecule has 1 fully saturated rings. The van der Waals surface area contributed by atoms with E-state index in [1.54, 1.807) is 23.4 Å². The van der Waals surface area contributed by atoms with Gasteiger partial charge in [-0.2, -0.15) is 13.2 Å². The Balaban J connectivity index is 2.24. The molecule has 0 aliphatic carbocycles. The summed E-state index contributed by atoms with van der Waals surface area (Å²) in [6.45, 7) is 2.41. The molecule has 6 heteroatoms. The van der Waals surface area contributed by atoms with Crippen LogP contribution in [-0.4, -0.2) is 30.3 Å². The lowest BCUT2D eigenvalue weighted by molar-refractivity contribution is -0.177. The smallest absolute Gasteiger partial charge is 0.369 e. The zero-order valence-electron chi connectivity index (χ0n) is 10.8. The standard InChI is InChI=1S/C13H18F3N3/c1-2-9-6-18-4-3-12(9)19-7-10(13(14,15)16)5-11(17)8-19/h3-4,6,10-11H,2,5,7-8,17H2,1H3/t10-,11+/m0/s1. The van der Waals surface area contributed by atoms with Crippen LogP contribution in [0.5, 0.6) is 0 Å². The molecule has 0 saturated carbocycles. The van der Waals surface area contributed by atoms with Crippen LogP contribution >= 0.6 is 0 Å². The summed E-state index contributed by atoms with van der Waals surface area (Å²) >= 11 is 0. The van der Waals surface area contributed by atoms with Crippen molar-refractivity contribution >= 4 is 5.69 Å². The highest BCUT2D eigenvalue weighted by Gasteiger charge is 2.44. The molecule has 1 aliphatic heterocycles. The fourth-order valence-corrected chi connectivity index (χ4v) is 2.57. The molecule has 0 aromatic carbocycles. The van der Waals surface area contributed by atoms with E-state index in [4.69, 9.17) is 5.73 Å². The Morgan fingerprint density at radius 3 is 2.79 bits per heavy atom. The number of aromatic nitrogens is 1. The molecule has 2 rings (SSSR count). The molecule has 1 saturated heterocycles. The molecule has 2 atom stereocenters. The van der Waals surface area contributed by atoms with Crippen molar-refractivity contribution in [1.29, 1.82) is 0 Å². The first-order valence-electron chi connectivity index (χ1n) is 6.42. The van der Waals surface area contributed by atoms with Crippen molar-refractivity contribution in [1.82, 2.24) is 4.98 Å². The Morgan fingerprint density at radius 2 is 2.16 bits per heavy atom. The van der Waals surface area contributed by atoms with Crippen LogP contribution in [0.4, 0.5) is 18.9 Å². The SMILES string of the molecule is CCc1cnccc1N1C[C@H](N)C[C@H](C(F)(F)F)C1. The highest BCUT2D eigenvalue weighted by atomic mass is 19.4. The molecular formula is C13H18F3N3. The van der Waals surface area contributed by atoms with E-state index in [1.165, 1.54) is 0 Å². The number of anilines is 1. The van der Waals surface area contributed by atoms with Gasteiger partial charge in [0.05, 0.1) is 5.92 Å². The average Bonchev–Trinajstić information content (AvgIpc) is 2.37. The predicted molar refractivity (Wildman–Crippen MR) is 68.0 cm³/mol. The van der Waals surface area contributed by atoms with Gasteiger partial charge in [0, 0.05) is 37.2 Å². The Kier molecular flexibility index (Phi) is 3.99. The number of rotatable bonds is 2. The van der Waals surface area contributed by atoms with Crippen LogP contribution in [0.25, 0.3) is 0 Å². The third-order valence-corrected chi connectivity index (χ3v) is 3.55. The molecule has 2 N–H and O–H groups in total. The molecule has 1 aromatic rings. The molecule has 0 bridgehead atoms. The van der Waals surface area contributed by atoms with E-state index < -0.39 is 18.1 Å². The van der Waals surface area contributed by atoms with Crippen LogP contribution in [0, 0.1) is 5.92 Å². The molecule has 1 aromatic heterocycles. The number of pyridine rings is 1. The van der Waals surface area contributed by atoms with Gasteiger partial charge in [0.2, 0.25) is 0 Å². The van der Waals surface area contributed by atoms with Gasteiger partial charge in [0.25, 0.3) is 0 Å². The van der Waals surface area contributed by atoms with Crippen LogP contribution < -0.4 is 10.6 Å². The van der Waals surface area contributed by atoms with Crippen LogP contribution in [0.1, 0.15) is 18.9 Å². The van der Waals surface area contributed by atoms with E-state index in [0.29, 0.717) is 6.54 Å². The molecular weight excluding hydrogens is 255 g/mol. The van der Waals surface area contributed by atoms with E-state index >= 15 is 0 Å². The quantitative estimate of drug-likeness (QED) is 0.899. The maximum atomic E-state index is 12.9. The third-order valence-electron chi connectivity index (χ3n) is 3.55. The topological polar surface area (TPSA) is 42.2 Å². The number of nitrogens with zero attached hydrogens (tertiary/aromatic N) is 2. The highest BCUT2D eigenvalue weighted by molar-refractivity contribution is 5.53. The molecule has 0 spiro atoms. The van der Waals surface area contributed by atoms with Gasteiger partial charge >= 0.3 is 6.18 Å². The summed E-state index contributed by atoms with van der Waals surface area (Å²) in [5, 5.41) is 0. The van der Waals surface area contributed by atoms with Crippen molar-refractivity contribution in [3.05, 3.63) is 24.0 Å². The van der Waals surface area contributed by atoms with Crippen LogP contribution in [0.3, 0.4) is 0 Å². The number of piperidine rings is 1. The lowest BCUT2D eigenvalue weighted by Gasteiger charge is -2.39. The van der Waals surface area contributed by atoms with Crippen LogP contribution in [0.2, 0.25) is 0 Å². The Morgan fingerprint density at radius 1 is 1.42 bits per heavy atom. The fraction of sp³-hybridized carbons (Fsp3) is 0.615. The summed E-state index contributed by atoms with van der Waals surface area (Å²) in [7, 11) is 0. The van der Waals surface area contributed by atoms with Crippen LogP contribution in [0.15, 0.2) is 18.5 Å². The Labute approximate surface area is 110 Å². The van der Waals surface area contributed by atoms with Gasteiger partial charge in [0.1, 0.15) is 0 Å². The Bertz CT molecular complexity index is 433. The second kappa shape index (κ2) is 5.36. The molecule has 1 aliphatic rings. The highest BCUT2D eigenvalue weighted by Crippen LogP contribution is 2.35. The maximum absolute atomic E-state index is 12.9. The maximum Gasteiger partial charge on any atom is 0.393 e. The molecule has 19 heavy (non-hydrogen) atoms. The first kappa shape index (κ1) is 14.1. The minimum absolute atomic E-state index is 0.00649. The number of halogens is 3. The summed E-state index contributed by atoms with van der Waals surface area (Å²) < 4.78 is 38.7. The number of aryl methyl sites for hydroxylation is 1. The van der Waals surface area contributed by atoms with Crippen molar-refractivity contribution < 1.29 is 13.2 Å². The number of alkyl halides is 3. The monoisotopic (exact) mass is 273 g/mol. The largest absolute Gasteiger partial charge is 0.393 e. The van der Waals surface area contributed by atoms with Crippen molar-refractivity contribution in [3.63, 3.8) is 0 Å². The van der Waals surface area contributed by atoms with E-state index in [1.807, 2.05) is 6.92 Å². The summed E-state index contributed by atoms with van der Waals surface area (Å²) in [6, 6.07) is 1.32. The van der Waals surface area contributed by atoms with E-state index in [9.17, 15) is 13.2 Å². The van der Waals surface area contributed by atoms with Gasteiger partial charge < -0.3 is 10.6 Å². The first-order chi connectivity index (χ1) is 8.91. The summed E-state index contributed by atoms with van der Waals surface area (Å²) in [4.78, 5) is 5.76. The van der Waals surface area contributed by atoms with Gasteiger partial charge in [-0.15, -0.1) is 0 Å². The molecule has 2 heterocycles. The number of hydrogen-bond donors (Lipinski definition) is 1. The molecule has 0 unspecified atom stereocenters. The minimum atomic E-state index is -4.18. The average molecular weight is 273 g/mol. The third kappa shape index (κ3) is 3.18. The molecule has 3 nitrogen and oxygen atoms in total. The number of hydrogen-bond acceptors (Lipinski definition) is 3. The van der Waals surface area contributed by atoms with Crippen molar-refractivity contribution in [3.8, 4) is 0 Å². The lowest BCUT2D eigenvalue weighted by Crippen LogP contribution is -2.51. The molecule has 106 valence electrons. The normalized spacial score (nSPS) is 24.6. The predicted octanol–water partition coefficient (Wildman–Crippen LogP) is 2.36. The Hall–Kier alpha value is -1.30. The van der Waals surface area contributed by atoms with E-state index in [0.717, 1.165) is 17.7 Å². The summed E-state index contributed by atoms with van der Waals surface area (Å²) in [5.41, 5.74) is 7.56. The van der Waals surface area contributed by atoms with Crippen molar-refractivity contribution in [2.75, 3.05) is 18.0 Å². The molecule has 0 amide bonds. The fourth-order valence-electron chi connectivity index (χ4n) is 2.57. The lowest BCUT2D eigenvalue weighted by atomic mass is 9.93. The van der Waals surface area contributed by atoms with E-state index in [2.05, 4.69) is 4.98 Å². The van der Waals surface area contributed by atoms with E-state index in [-0.39, 0.29) is 13.0 Å². The van der Waals surface area contributed by atoms with Gasteiger partial charge in [-0.25, -0.2) is 0 Å². The zero-order chi connectivity index (χ0) is 14.0. The second-order valence-electron chi connectivity index (χ2n) is 5.00. The second-order valence-corrected chi connectivity index (χ2v) is 5.00. The summed E-state index contributed by atoms with van der Waals surface area (Å²) in [5.74, 6) is -1.35. The van der Waals surface area contributed by atoms with Crippen molar-refractivity contribution in [2.24, 2.45) is 11.7 Å². The molecule has 0 radical (unpaired) electrons. The van der Waals surface area contributed by atoms with Gasteiger partial charge in [-0.05, 0) is 24.5 Å². The van der Waals surface area contributed by atoms with Crippen LogP contribution in [-0.2, 0) is 6.42 Å². The van der Waals surface area contributed by atoms with Crippen molar-refractivity contribution in [2.45, 2.75) is 32.0 Å². The zero-order valence-corrected chi connectivity index (χ0v) is 10.8. The van der Waals surface area contributed by atoms with Gasteiger partial charge in [-0.1, -0.05) is 6.92 Å². The van der Waals surface area contributed by atoms with Gasteiger partial charge in [-0.3, -0.25) is 4.98 Å². The number of nitrogens with two attached hydrogens (primary N) is 1. The van der Waals surface area contributed by atoms with Gasteiger partial charge in [0.15, 0.2) is 0 Å². The summed E-state index contributed by atoms with van der Waals surface area (Å²) in [6.07, 6.45) is -0.122.